The molecular formula is C14H21BrN2O2. The van der Waals surface area contributed by atoms with E-state index in [1.54, 1.807) is 12.1 Å². The Morgan fingerprint density at radius 3 is 2.79 bits per heavy atom. The summed E-state index contributed by atoms with van der Waals surface area (Å²) in [5, 5.41) is 14.3. The predicted molar refractivity (Wildman–Crippen MR) is 81.2 cm³/mol. The van der Waals surface area contributed by atoms with Crippen molar-refractivity contribution in [3.05, 3.63) is 38.3 Å². The zero-order chi connectivity index (χ0) is 14.3. The van der Waals surface area contributed by atoms with Gasteiger partial charge in [-0.2, -0.15) is 0 Å². The average Bonchev–Trinajstić information content (AvgIpc) is 2.36. The molecule has 1 aromatic rings. The molecule has 5 heteroatoms. The maximum Gasteiger partial charge on any atom is 0.273 e. The Balaban J connectivity index is 2.56. The average molecular weight is 329 g/mol. The number of nitrogens with one attached hydrogen (secondary N) is 1. The van der Waals surface area contributed by atoms with Crippen molar-refractivity contribution in [2.75, 3.05) is 0 Å². The van der Waals surface area contributed by atoms with Crippen LogP contribution < -0.4 is 5.32 Å². The summed E-state index contributed by atoms with van der Waals surface area (Å²) < 4.78 is 0.869. The van der Waals surface area contributed by atoms with Gasteiger partial charge < -0.3 is 5.32 Å². The van der Waals surface area contributed by atoms with Crippen molar-refractivity contribution in [2.45, 2.75) is 52.1 Å². The fourth-order valence-electron chi connectivity index (χ4n) is 1.96. The maximum absolute atomic E-state index is 11.0. The van der Waals surface area contributed by atoms with Gasteiger partial charge in [-0.3, -0.25) is 10.1 Å². The molecule has 106 valence electrons. The summed E-state index contributed by atoms with van der Waals surface area (Å²) in [7, 11) is 0. The van der Waals surface area contributed by atoms with Crippen molar-refractivity contribution in [1.29, 1.82) is 0 Å². The van der Waals surface area contributed by atoms with E-state index in [0.717, 1.165) is 16.5 Å². The van der Waals surface area contributed by atoms with Gasteiger partial charge in [-0.05, 0) is 25.5 Å². The smallest absolute Gasteiger partial charge is 0.273 e. The van der Waals surface area contributed by atoms with Crippen LogP contribution >= 0.6 is 15.9 Å². The van der Waals surface area contributed by atoms with Crippen molar-refractivity contribution in [3.8, 4) is 0 Å². The lowest BCUT2D eigenvalue weighted by atomic mass is 10.1. The van der Waals surface area contributed by atoms with Gasteiger partial charge in [-0.1, -0.05) is 42.1 Å². The van der Waals surface area contributed by atoms with E-state index in [1.165, 1.54) is 19.3 Å². The van der Waals surface area contributed by atoms with Crippen LogP contribution in [0.25, 0.3) is 0 Å². The first-order chi connectivity index (χ1) is 9.04. The molecule has 0 fully saturated rings. The standard InChI is InChI=1S/C14H21BrN2O2/c1-3-4-5-6-11(2)16-10-12-9-13(15)7-8-14(12)17(18)19/h7-9,11,16H,3-6,10H2,1-2H3. The molecule has 0 amide bonds. The first-order valence-corrected chi connectivity index (χ1v) is 7.50. The summed E-state index contributed by atoms with van der Waals surface area (Å²) >= 11 is 3.35. The number of halogens is 1. The van der Waals surface area contributed by atoms with Gasteiger partial charge in [0.25, 0.3) is 5.69 Å². The lowest BCUT2D eigenvalue weighted by molar-refractivity contribution is -0.385. The number of unbranched alkanes of at least 4 members (excludes halogenated alkanes) is 2. The van der Waals surface area contributed by atoms with E-state index in [4.69, 9.17) is 0 Å². The van der Waals surface area contributed by atoms with Crippen LogP contribution in [0.1, 0.15) is 45.1 Å². The first kappa shape index (κ1) is 16.1. The molecule has 0 aliphatic heterocycles. The molecule has 4 nitrogen and oxygen atoms in total. The maximum atomic E-state index is 11.0. The Labute approximate surface area is 122 Å². The van der Waals surface area contributed by atoms with Gasteiger partial charge in [-0.15, -0.1) is 0 Å². The molecule has 1 N–H and O–H groups in total. The van der Waals surface area contributed by atoms with Crippen molar-refractivity contribution in [1.82, 2.24) is 5.32 Å². The highest BCUT2D eigenvalue weighted by atomic mass is 79.9. The minimum Gasteiger partial charge on any atom is -0.310 e. The molecule has 0 spiro atoms. The van der Waals surface area contributed by atoms with Crippen molar-refractivity contribution in [2.24, 2.45) is 0 Å². The van der Waals surface area contributed by atoms with E-state index >= 15 is 0 Å². The number of nitrogens with zero attached hydrogens (tertiary/aromatic N) is 1. The van der Waals surface area contributed by atoms with E-state index in [2.05, 4.69) is 35.1 Å². The number of rotatable bonds is 8. The van der Waals surface area contributed by atoms with Gasteiger partial charge in [0.05, 0.1) is 4.92 Å². The third-order valence-corrected chi connectivity index (χ3v) is 3.61. The third kappa shape index (κ3) is 5.70. The molecule has 19 heavy (non-hydrogen) atoms. The molecule has 0 heterocycles. The lowest BCUT2D eigenvalue weighted by Gasteiger charge is -2.13. The molecule has 0 radical (unpaired) electrons. The fourth-order valence-corrected chi connectivity index (χ4v) is 2.37. The van der Waals surface area contributed by atoms with Crippen LogP contribution in [0.15, 0.2) is 22.7 Å². The highest BCUT2D eigenvalue weighted by Gasteiger charge is 2.14. The summed E-state index contributed by atoms with van der Waals surface area (Å²) in [6, 6.07) is 5.43. The molecule has 0 saturated carbocycles. The quantitative estimate of drug-likeness (QED) is 0.436. The van der Waals surface area contributed by atoms with Gasteiger partial charge in [0.15, 0.2) is 0 Å². The van der Waals surface area contributed by atoms with E-state index in [0.29, 0.717) is 12.6 Å². The van der Waals surface area contributed by atoms with E-state index in [9.17, 15) is 10.1 Å². The highest BCUT2D eigenvalue weighted by molar-refractivity contribution is 9.10. The number of benzene rings is 1. The molecule has 0 aromatic heterocycles. The van der Waals surface area contributed by atoms with Crippen molar-refractivity contribution >= 4 is 21.6 Å². The summed E-state index contributed by atoms with van der Waals surface area (Å²) in [5.74, 6) is 0. The minimum atomic E-state index is -0.328. The molecular weight excluding hydrogens is 308 g/mol. The number of nitro benzene ring substituents is 1. The van der Waals surface area contributed by atoms with Crippen molar-refractivity contribution in [3.63, 3.8) is 0 Å². The van der Waals surface area contributed by atoms with Gasteiger partial charge >= 0.3 is 0 Å². The van der Waals surface area contributed by atoms with Crippen LogP contribution in [0.2, 0.25) is 0 Å². The zero-order valence-corrected chi connectivity index (χ0v) is 13.1. The lowest BCUT2D eigenvalue weighted by Crippen LogP contribution is -2.25. The molecule has 1 unspecified atom stereocenters. The van der Waals surface area contributed by atoms with E-state index in [1.807, 2.05) is 6.07 Å². The second kappa shape index (κ2) is 8.27. The monoisotopic (exact) mass is 328 g/mol. The van der Waals surface area contributed by atoms with Crippen LogP contribution in [0, 0.1) is 10.1 Å². The predicted octanol–water partition coefficient (Wildman–Crippen LogP) is 4.42. The Hall–Kier alpha value is -0.940. The van der Waals surface area contributed by atoms with E-state index in [-0.39, 0.29) is 10.6 Å². The Bertz CT molecular complexity index is 424. The molecule has 0 bridgehead atoms. The molecule has 1 atom stereocenters. The molecule has 0 aliphatic carbocycles. The first-order valence-electron chi connectivity index (χ1n) is 6.70. The fraction of sp³-hybridized carbons (Fsp3) is 0.571. The third-order valence-electron chi connectivity index (χ3n) is 3.12. The van der Waals surface area contributed by atoms with Gasteiger partial charge in [0, 0.05) is 28.7 Å². The van der Waals surface area contributed by atoms with Crippen LogP contribution in [-0.2, 0) is 6.54 Å². The Morgan fingerprint density at radius 2 is 2.16 bits per heavy atom. The number of hydrogen-bond donors (Lipinski definition) is 1. The molecule has 0 aliphatic rings. The van der Waals surface area contributed by atoms with Gasteiger partial charge in [-0.25, -0.2) is 0 Å². The Morgan fingerprint density at radius 1 is 1.42 bits per heavy atom. The van der Waals surface area contributed by atoms with E-state index < -0.39 is 0 Å². The second-order valence-electron chi connectivity index (χ2n) is 4.81. The number of hydrogen-bond acceptors (Lipinski definition) is 3. The second-order valence-corrected chi connectivity index (χ2v) is 5.72. The van der Waals surface area contributed by atoms with Crippen LogP contribution in [-0.4, -0.2) is 11.0 Å². The summed E-state index contributed by atoms with van der Waals surface area (Å²) in [6.07, 6.45) is 4.76. The topological polar surface area (TPSA) is 55.2 Å². The van der Waals surface area contributed by atoms with Gasteiger partial charge in [0.2, 0.25) is 0 Å². The molecule has 1 aromatic carbocycles. The SMILES string of the molecule is CCCCCC(C)NCc1cc(Br)ccc1[N+](=O)[O-]. The summed E-state index contributed by atoms with van der Waals surface area (Å²) in [5.41, 5.74) is 0.901. The zero-order valence-electron chi connectivity index (χ0n) is 11.5. The minimum absolute atomic E-state index is 0.177. The van der Waals surface area contributed by atoms with Crippen LogP contribution in [0.3, 0.4) is 0 Å². The highest BCUT2D eigenvalue weighted by Crippen LogP contribution is 2.23. The van der Waals surface area contributed by atoms with Gasteiger partial charge in [0.1, 0.15) is 0 Å². The molecule has 1 rings (SSSR count). The van der Waals surface area contributed by atoms with Crippen LogP contribution in [0.5, 0.6) is 0 Å². The summed E-state index contributed by atoms with van der Waals surface area (Å²) in [6.45, 7) is 4.84. The molecule has 0 saturated heterocycles. The van der Waals surface area contributed by atoms with Crippen molar-refractivity contribution < 1.29 is 4.92 Å². The Kier molecular flexibility index (Phi) is 7.02. The number of nitro groups is 1. The van der Waals surface area contributed by atoms with Crippen LogP contribution in [0.4, 0.5) is 5.69 Å². The normalized spacial score (nSPS) is 12.4. The largest absolute Gasteiger partial charge is 0.310 e. The summed E-state index contributed by atoms with van der Waals surface area (Å²) in [4.78, 5) is 10.6.